The van der Waals surface area contributed by atoms with E-state index in [4.69, 9.17) is 0 Å². The summed E-state index contributed by atoms with van der Waals surface area (Å²) in [6.07, 6.45) is 0. The summed E-state index contributed by atoms with van der Waals surface area (Å²) in [6.45, 7) is 5.34. The average molecular weight is 212 g/mol. The van der Waals surface area contributed by atoms with Gasteiger partial charge in [0.1, 0.15) is 6.04 Å². The van der Waals surface area contributed by atoms with Gasteiger partial charge in [0.2, 0.25) is 5.91 Å². The minimum Gasteiger partial charge on any atom is -0.333 e. The first-order chi connectivity index (χ1) is 7.18. The van der Waals surface area contributed by atoms with Gasteiger partial charge in [-0.25, -0.2) is 4.79 Å². The summed E-state index contributed by atoms with van der Waals surface area (Å²) < 4.78 is 0. The smallest absolute Gasteiger partial charge is 0.321 e. The molecular weight excluding hydrogens is 196 g/mol. The van der Waals surface area contributed by atoms with Gasteiger partial charge in [-0.1, -0.05) is 0 Å². The molecule has 3 amide bonds. The summed E-state index contributed by atoms with van der Waals surface area (Å²) in [5.74, 6) is -0.187. The first-order valence-electron chi connectivity index (χ1n) is 5.24. The Balaban J connectivity index is 2.05. The minimum absolute atomic E-state index is 0.121. The van der Waals surface area contributed by atoms with E-state index in [1.807, 2.05) is 6.92 Å². The molecule has 0 aromatic heterocycles. The normalized spacial score (nSPS) is 33.4. The Kier molecular flexibility index (Phi) is 2.88. The van der Waals surface area contributed by atoms with Crippen LogP contribution >= 0.6 is 0 Å². The number of urea groups is 1. The van der Waals surface area contributed by atoms with Crippen LogP contribution in [-0.4, -0.2) is 55.1 Å². The van der Waals surface area contributed by atoms with E-state index in [-0.39, 0.29) is 24.0 Å². The van der Waals surface area contributed by atoms with Crippen molar-refractivity contribution in [3.8, 4) is 0 Å². The number of carbonyl (C=O) groups excluding carboxylic acids is 2. The van der Waals surface area contributed by atoms with E-state index in [1.54, 1.807) is 0 Å². The third-order valence-electron chi connectivity index (χ3n) is 2.88. The zero-order valence-electron chi connectivity index (χ0n) is 8.75. The highest BCUT2D eigenvalue weighted by Gasteiger charge is 2.37. The third-order valence-corrected chi connectivity index (χ3v) is 2.88. The molecule has 2 aliphatic heterocycles. The molecule has 6 heteroatoms. The van der Waals surface area contributed by atoms with Crippen LogP contribution in [0.3, 0.4) is 0 Å². The molecule has 6 nitrogen and oxygen atoms in total. The number of amides is 3. The fourth-order valence-electron chi connectivity index (χ4n) is 2.18. The van der Waals surface area contributed by atoms with Crippen molar-refractivity contribution in [3.63, 3.8) is 0 Å². The minimum atomic E-state index is -0.390. The molecule has 2 atom stereocenters. The SMILES string of the molecule is CC1NC(=O)NC(=O)C1N1CCNCC1. The van der Waals surface area contributed by atoms with Crippen LogP contribution < -0.4 is 16.0 Å². The second kappa shape index (κ2) is 4.16. The van der Waals surface area contributed by atoms with Crippen LogP contribution in [0.5, 0.6) is 0 Å². The molecule has 0 spiro atoms. The predicted octanol–water partition coefficient (Wildman–Crippen LogP) is -1.51. The number of carbonyl (C=O) groups is 2. The summed E-state index contributed by atoms with van der Waals surface area (Å²) in [6, 6.07) is -0.743. The van der Waals surface area contributed by atoms with Gasteiger partial charge < -0.3 is 10.6 Å². The van der Waals surface area contributed by atoms with E-state index in [1.165, 1.54) is 0 Å². The highest BCUT2D eigenvalue weighted by atomic mass is 16.2. The lowest BCUT2D eigenvalue weighted by atomic mass is 10.0. The summed E-state index contributed by atoms with van der Waals surface area (Å²) in [5.41, 5.74) is 0. The van der Waals surface area contributed by atoms with Crippen LogP contribution in [0.4, 0.5) is 4.79 Å². The van der Waals surface area contributed by atoms with Crippen molar-refractivity contribution in [3.05, 3.63) is 0 Å². The van der Waals surface area contributed by atoms with Crippen LogP contribution in [-0.2, 0) is 4.79 Å². The van der Waals surface area contributed by atoms with E-state index in [9.17, 15) is 9.59 Å². The molecule has 84 valence electrons. The van der Waals surface area contributed by atoms with Crippen molar-refractivity contribution in [2.75, 3.05) is 26.2 Å². The molecule has 0 bridgehead atoms. The highest BCUT2D eigenvalue weighted by Crippen LogP contribution is 2.09. The van der Waals surface area contributed by atoms with Crippen molar-refractivity contribution >= 4 is 11.9 Å². The van der Waals surface area contributed by atoms with Gasteiger partial charge in [-0.3, -0.25) is 15.0 Å². The lowest BCUT2D eigenvalue weighted by molar-refractivity contribution is -0.127. The van der Waals surface area contributed by atoms with Crippen LogP contribution in [0.2, 0.25) is 0 Å². The number of piperazine rings is 1. The van der Waals surface area contributed by atoms with Crippen molar-refractivity contribution in [1.82, 2.24) is 20.9 Å². The van der Waals surface area contributed by atoms with E-state index < -0.39 is 0 Å². The second-order valence-electron chi connectivity index (χ2n) is 3.98. The van der Waals surface area contributed by atoms with E-state index >= 15 is 0 Å². The molecule has 2 heterocycles. The van der Waals surface area contributed by atoms with Crippen LogP contribution in [0.25, 0.3) is 0 Å². The van der Waals surface area contributed by atoms with Gasteiger partial charge in [-0.15, -0.1) is 0 Å². The molecule has 0 saturated carbocycles. The summed E-state index contributed by atoms with van der Waals surface area (Å²) >= 11 is 0. The molecular formula is C9H16N4O2. The molecule has 3 N–H and O–H groups in total. The third kappa shape index (κ3) is 2.10. The largest absolute Gasteiger partial charge is 0.333 e. The molecule has 15 heavy (non-hydrogen) atoms. The van der Waals surface area contributed by atoms with Crippen LogP contribution in [0.1, 0.15) is 6.92 Å². The molecule has 0 aliphatic carbocycles. The Morgan fingerprint density at radius 1 is 1.27 bits per heavy atom. The van der Waals surface area contributed by atoms with Gasteiger partial charge in [-0.2, -0.15) is 0 Å². The number of hydrogen-bond acceptors (Lipinski definition) is 4. The zero-order chi connectivity index (χ0) is 10.8. The fourth-order valence-corrected chi connectivity index (χ4v) is 2.18. The summed E-state index contributed by atoms with van der Waals surface area (Å²) in [5, 5.41) is 8.26. The van der Waals surface area contributed by atoms with E-state index in [2.05, 4.69) is 20.9 Å². The Bertz CT molecular complexity index is 275. The monoisotopic (exact) mass is 212 g/mol. The number of rotatable bonds is 1. The maximum Gasteiger partial charge on any atom is 0.321 e. The van der Waals surface area contributed by atoms with Gasteiger partial charge >= 0.3 is 6.03 Å². The van der Waals surface area contributed by atoms with Gasteiger partial charge in [0.15, 0.2) is 0 Å². The molecule has 2 unspecified atom stereocenters. The lowest BCUT2D eigenvalue weighted by Crippen LogP contribution is -2.67. The predicted molar refractivity (Wildman–Crippen MR) is 54.4 cm³/mol. The molecule has 0 radical (unpaired) electrons. The quantitative estimate of drug-likeness (QED) is 0.494. The van der Waals surface area contributed by atoms with Crippen molar-refractivity contribution in [2.45, 2.75) is 19.0 Å². The molecule has 2 fully saturated rings. The Labute approximate surface area is 88.4 Å². The topological polar surface area (TPSA) is 73.5 Å². The standard InChI is InChI=1S/C9H16N4O2/c1-6-7(8(14)12-9(15)11-6)13-4-2-10-3-5-13/h6-7,10H,2-5H2,1H3,(H2,11,12,14,15). The average Bonchev–Trinajstić information content (AvgIpc) is 2.17. The summed E-state index contributed by atoms with van der Waals surface area (Å²) in [7, 11) is 0. The first kappa shape index (κ1) is 10.4. The van der Waals surface area contributed by atoms with Crippen LogP contribution in [0.15, 0.2) is 0 Å². The van der Waals surface area contributed by atoms with Gasteiger partial charge in [0, 0.05) is 26.2 Å². The van der Waals surface area contributed by atoms with Crippen LogP contribution in [0, 0.1) is 0 Å². The molecule has 0 aromatic carbocycles. The first-order valence-corrected chi connectivity index (χ1v) is 5.24. The van der Waals surface area contributed by atoms with Gasteiger partial charge in [0.25, 0.3) is 0 Å². The Morgan fingerprint density at radius 3 is 2.53 bits per heavy atom. The lowest BCUT2D eigenvalue weighted by Gasteiger charge is -2.39. The molecule has 2 rings (SSSR count). The molecule has 0 aromatic rings. The van der Waals surface area contributed by atoms with Crippen molar-refractivity contribution in [2.24, 2.45) is 0 Å². The van der Waals surface area contributed by atoms with Crippen molar-refractivity contribution in [1.29, 1.82) is 0 Å². The molecule has 2 saturated heterocycles. The van der Waals surface area contributed by atoms with E-state index in [0.29, 0.717) is 0 Å². The number of nitrogens with one attached hydrogen (secondary N) is 3. The maximum absolute atomic E-state index is 11.7. The Hall–Kier alpha value is -1.14. The highest BCUT2D eigenvalue weighted by molar-refractivity contribution is 6.00. The second-order valence-corrected chi connectivity index (χ2v) is 3.98. The molecule has 2 aliphatic rings. The van der Waals surface area contributed by atoms with Crippen molar-refractivity contribution < 1.29 is 9.59 Å². The van der Waals surface area contributed by atoms with Gasteiger partial charge in [-0.05, 0) is 6.92 Å². The van der Waals surface area contributed by atoms with E-state index in [0.717, 1.165) is 26.2 Å². The maximum atomic E-state index is 11.7. The fraction of sp³-hybridized carbons (Fsp3) is 0.778. The number of nitrogens with zero attached hydrogens (tertiary/aromatic N) is 1. The summed E-state index contributed by atoms with van der Waals surface area (Å²) in [4.78, 5) is 24.8. The zero-order valence-corrected chi connectivity index (χ0v) is 8.75. The van der Waals surface area contributed by atoms with Gasteiger partial charge in [0.05, 0.1) is 6.04 Å². The number of hydrogen-bond donors (Lipinski definition) is 3. The number of imide groups is 1. The Morgan fingerprint density at radius 2 is 1.93 bits per heavy atom.